The van der Waals surface area contributed by atoms with Crippen LogP contribution in [0.2, 0.25) is 0 Å². The summed E-state index contributed by atoms with van der Waals surface area (Å²) >= 11 is 0. The van der Waals surface area contributed by atoms with E-state index in [9.17, 15) is 0 Å². The van der Waals surface area contributed by atoms with Crippen LogP contribution in [0.4, 0.5) is 0 Å². The molecule has 3 nitrogen and oxygen atoms in total. The smallest absolute Gasteiger partial charge is 0.168 e. The van der Waals surface area contributed by atoms with Gasteiger partial charge in [-0.25, -0.2) is 0 Å². The Morgan fingerprint density at radius 1 is 0.889 bits per heavy atom. The Bertz CT molecular complexity index is 573. The SMILES string of the molecule is C[C@H](CN)[C@H]1CCC2C3CC[C@H]4CC5(CC[C@]4(C)C3CC[C@@]21C)OCCO5. The fraction of sp³-hybridized carbons (Fsp3) is 1.00. The molecule has 0 amide bonds. The second-order valence-corrected chi connectivity index (χ2v) is 11.4. The lowest BCUT2D eigenvalue weighted by atomic mass is 9.44. The van der Waals surface area contributed by atoms with Crippen molar-refractivity contribution in [3.05, 3.63) is 0 Å². The molecule has 0 radical (unpaired) electrons. The number of nitrogens with two attached hydrogens (primary N) is 1. The molecule has 5 rings (SSSR count). The zero-order chi connectivity index (χ0) is 18.9. The third-order valence-corrected chi connectivity index (χ3v) is 10.6. The van der Waals surface area contributed by atoms with E-state index in [2.05, 4.69) is 20.8 Å². The number of fused-ring (bicyclic) bond motifs is 5. The maximum atomic E-state index is 6.12. The lowest BCUT2D eigenvalue weighted by molar-refractivity contribution is -0.229. The third kappa shape index (κ3) is 2.63. The van der Waals surface area contributed by atoms with Crippen molar-refractivity contribution in [3.8, 4) is 0 Å². The normalized spacial score (nSPS) is 52.2. The molecule has 8 atom stereocenters. The third-order valence-electron chi connectivity index (χ3n) is 10.6. The highest BCUT2D eigenvalue weighted by atomic mass is 16.7. The minimum Gasteiger partial charge on any atom is -0.348 e. The number of rotatable bonds is 2. The van der Waals surface area contributed by atoms with Crippen molar-refractivity contribution in [2.45, 2.75) is 84.3 Å². The van der Waals surface area contributed by atoms with E-state index in [1.54, 1.807) is 0 Å². The highest BCUT2D eigenvalue weighted by Crippen LogP contribution is 2.69. The first-order valence-electron chi connectivity index (χ1n) is 11.9. The first-order valence-corrected chi connectivity index (χ1v) is 11.9. The molecule has 1 saturated heterocycles. The average Bonchev–Trinajstić information content (AvgIpc) is 3.26. The van der Waals surface area contributed by atoms with E-state index in [-0.39, 0.29) is 5.79 Å². The summed E-state index contributed by atoms with van der Waals surface area (Å²) in [5.41, 5.74) is 7.17. The summed E-state index contributed by atoms with van der Waals surface area (Å²) in [6.07, 6.45) is 12.2. The van der Waals surface area contributed by atoms with Crippen molar-refractivity contribution in [2.24, 2.45) is 52.1 Å². The van der Waals surface area contributed by atoms with Crippen LogP contribution in [0.5, 0.6) is 0 Å². The van der Waals surface area contributed by atoms with Gasteiger partial charge in [0.05, 0.1) is 13.2 Å². The van der Waals surface area contributed by atoms with Gasteiger partial charge in [-0.05, 0) is 97.8 Å². The fourth-order valence-corrected chi connectivity index (χ4v) is 9.10. The number of ether oxygens (including phenoxy) is 2. The molecule has 27 heavy (non-hydrogen) atoms. The molecule has 2 N–H and O–H groups in total. The maximum absolute atomic E-state index is 6.12. The zero-order valence-electron chi connectivity index (χ0n) is 17.8. The second-order valence-electron chi connectivity index (χ2n) is 11.4. The molecule has 4 aliphatic carbocycles. The Hall–Kier alpha value is -0.120. The zero-order valence-corrected chi connectivity index (χ0v) is 17.8. The van der Waals surface area contributed by atoms with Gasteiger partial charge in [0.15, 0.2) is 5.79 Å². The summed E-state index contributed by atoms with van der Waals surface area (Å²) in [7, 11) is 0. The summed E-state index contributed by atoms with van der Waals surface area (Å²) < 4.78 is 12.2. The van der Waals surface area contributed by atoms with Crippen molar-refractivity contribution >= 4 is 0 Å². The first kappa shape index (κ1) is 18.9. The van der Waals surface area contributed by atoms with Crippen LogP contribution in [0.3, 0.4) is 0 Å². The van der Waals surface area contributed by atoms with E-state index in [1.165, 1.54) is 44.9 Å². The quantitative estimate of drug-likeness (QED) is 0.740. The van der Waals surface area contributed by atoms with Gasteiger partial charge >= 0.3 is 0 Å². The Labute approximate surface area is 166 Å². The van der Waals surface area contributed by atoms with Gasteiger partial charge in [-0.15, -0.1) is 0 Å². The Balaban J connectivity index is 1.38. The van der Waals surface area contributed by atoms with Gasteiger partial charge < -0.3 is 15.2 Å². The van der Waals surface area contributed by atoms with Gasteiger partial charge in [0, 0.05) is 12.8 Å². The fourth-order valence-electron chi connectivity index (χ4n) is 9.10. The van der Waals surface area contributed by atoms with Crippen molar-refractivity contribution in [1.29, 1.82) is 0 Å². The monoisotopic (exact) mass is 375 g/mol. The summed E-state index contributed by atoms with van der Waals surface area (Å²) in [6.45, 7) is 10.2. The molecule has 0 bridgehead atoms. The van der Waals surface area contributed by atoms with Crippen molar-refractivity contribution in [3.63, 3.8) is 0 Å². The van der Waals surface area contributed by atoms with Crippen LogP contribution in [0, 0.1) is 46.3 Å². The van der Waals surface area contributed by atoms with Crippen LogP contribution in [0.25, 0.3) is 0 Å². The summed E-state index contributed by atoms with van der Waals surface area (Å²) in [5.74, 6) is 4.97. The summed E-state index contributed by atoms with van der Waals surface area (Å²) in [4.78, 5) is 0. The molecule has 1 heterocycles. The van der Waals surface area contributed by atoms with E-state index in [4.69, 9.17) is 15.2 Å². The molecule has 1 spiro atoms. The van der Waals surface area contributed by atoms with Gasteiger partial charge in [0.2, 0.25) is 0 Å². The predicted molar refractivity (Wildman–Crippen MR) is 108 cm³/mol. The van der Waals surface area contributed by atoms with Gasteiger partial charge in [0.25, 0.3) is 0 Å². The van der Waals surface area contributed by atoms with E-state index in [1.807, 2.05) is 0 Å². The molecule has 154 valence electrons. The van der Waals surface area contributed by atoms with E-state index >= 15 is 0 Å². The molecule has 4 saturated carbocycles. The van der Waals surface area contributed by atoms with Crippen LogP contribution in [0.1, 0.15) is 78.6 Å². The molecular formula is C24H41NO2. The van der Waals surface area contributed by atoms with Gasteiger partial charge in [0.1, 0.15) is 0 Å². The standard InChI is InChI=1S/C24H41NO2/c1-16(15-25)19-6-7-20-18-5-4-17-14-24(26-12-13-27-24)11-10-22(17,2)21(18)8-9-23(19,20)3/h16-21H,4-15,25H2,1-3H3/t16-,17+,18?,19-,20?,21?,22+,23-/m1/s1. The molecule has 3 unspecified atom stereocenters. The van der Waals surface area contributed by atoms with Crippen molar-refractivity contribution in [1.82, 2.24) is 0 Å². The Kier molecular flexibility index (Phi) is 4.50. The lowest BCUT2D eigenvalue weighted by Crippen LogP contribution is -2.56. The highest BCUT2D eigenvalue weighted by Gasteiger charge is 2.62. The molecule has 3 heteroatoms. The largest absolute Gasteiger partial charge is 0.348 e. The lowest BCUT2D eigenvalue weighted by Gasteiger charge is -2.62. The van der Waals surface area contributed by atoms with E-state index < -0.39 is 0 Å². The van der Waals surface area contributed by atoms with E-state index in [0.29, 0.717) is 16.7 Å². The van der Waals surface area contributed by atoms with Crippen molar-refractivity contribution in [2.75, 3.05) is 19.8 Å². The number of hydrogen-bond acceptors (Lipinski definition) is 3. The second kappa shape index (κ2) is 6.44. The molecule has 0 aromatic heterocycles. The minimum atomic E-state index is -0.213. The van der Waals surface area contributed by atoms with E-state index in [0.717, 1.165) is 62.2 Å². The van der Waals surface area contributed by atoms with Gasteiger partial charge in [-0.3, -0.25) is 0 Å². The summed E-state index contributed by atoms with van der Waals surface area (Å²) in [5, 5.41) is 0. The number of hydrogen-bond donors (Lipinski definition) is 1. The highest BCUT2D eigenvalue weighted by molar-refractivity contribution is 5.10. The molecule has 0 aromatic rings. The van der Waals surface area contributed by atoms with Crippen LogP contribution >= 0.6 is 0 Å². The molecule has 5 aliphatic rings. The van der Waals surface area contributed by atoms with Gasteiger partial charge in [-0.2, -0.15) is 0 Å². The topological polar surface area (TPSA) is 44.5 Å². The van der Waals surface area contributed by atoms with Crippen molar-refractivity contribution < 1.29 is 9.47 Å². The average molecular weight is 376 g/mol. The Morgan fingerprint density at radius 2 is 1.63 bits per heavy atom. The van der Waals surface area contributed by atoms with Crippen LogP contribution in [0.15, 0.2) is 0 Å². The molecule has 0 aromatic carbocycles. The minimum absolute atomic E-state index is 0.213. The maximum Gasteiger partial charge on any atom is 0.168 e. The van der Waals surface area contributed by atoms with Crippen LogP contribution in [-0.2, 0) is 9.47 Å². The first-order chi connectivity index (χ1) is 12.9. The molecule has 5 fully saturated rings. The van der Waals surface area contributed by atoms with Crippen LogP contribution < -0.4 is 5.73 Å². The molecule has 1 aliphatic heterocycles. The molecular weight excluding hydrogens is 334 g/mol. The predicted octanol–water partition coefficient (Wildman–Crippen LogP) is 4.98. The Morgan fingerprint density at radius 3 is 2.37 bits per heavy atom. The van der Waals surface area contributed by atoms with Gasteiger partial charge in [-0.1, -0.05) is 20.8 Å². The summed E-state index contributed by atoms with van der Waals surface area (Å²) in [6, 6.07) is 0. The van der Waals surface area contributed by atoms with Crippen LogP contribution in [-0.4, -0.2) is 25.5 Å².